The van der Waals surface area contributed by atoms with E-state index in [9.17, 15) is 13.2 Å². The van der Waals surface area contributed by atoms with E-state index in [0.717, 1.165) is 49.4 Å². The number of aromatic nitrogens is 2. The first-order valence-electron chi connectivity index (χ1n) is 8.07. The van der Waals surface area contributed by atoms with Gasteiger partial charge in [-0.3, -0.25) is 0 Å². The Bertz CT molecular complexity index is 839. The molecule has 25 heavy (non-hydrogen) atoms. The van der Waals surface area contributed by atoms with Crippen LogP contribution in [-0.4, -0.2) is 27.9 Å². The van der Waals surface area contributed by atoms with Gasteiger partial charge in [-0.25, -0.2) is 9.97 Å². The van der Waals surface area contributed by atoms with Crippen molar-refractivity contribution in [2.45, 2.75) is 30.8 Å². The molecule has 3 heterocycles. The van der Waals surface area contributed by atoms with E-state index >= 15 is 0 Å². The topological polar surface area (TPSA) is 41.1 Å². The maximum Gasteiger partial charge on any atom is 0.416 e. The highest BCUT2D eigenvalue weighted by molar-refractivity contribution is 7.82. The molecule has 1 fully saturated rings. The highest BCUT2D eigenvalue weighted by Crippen LogP contribution is 2.42. The zero-order chi connectivity index (χ0) is 17.8. The van der Waals surface area contributed by atoms with E-state index in [2.05, 4.69) is 20.2 Å². The summed E-state index contributed by atoms with van der Waals surface area (Å²) in [6.07, 6.45) is -2.46. The van der Waals surface area contributed by atoms with Crippen LogP contribution in [0.25, 0.3) is 11.4 Å². The third-order valence-electron chi connectivity index (χ3n) is 4.64. The SMILES string of the molecule is Cc1nc(-c2cccc(C(F)(F)F)c2)nc2c1N1CCC[C@@](S)(C1)N2. The fourth-order valence-electron chi connectivity index (χ4n) is 3.55. The third-order valence-corrected chi connectivity index (χ3v) is 5.12. The minimum Gasteiger partial charge on any atom is -0.364 e. The first-order chi connectivity index (χ1) is 11.8. The quantitative estimate of drug-likeness (QED) is 0.745. The lowest BCUT2D eigenvalue weighted by atomic mass is 10.0. The van der Waals surface area contributed by atoms with Crippen LogP contribution in [0, 0.1) is 6.92 Å². The number of aryl methyl sites for hydroxylation is 1. The number of hydrogen-bond acceptors (Lipinski definition) is 5. The second kappa shape index (κ2) is 5.52. The Balaban J connectivity index is 1.80. The Kier molecular flexibility index (Phi) is 3.64. The Morgan fingerprint density at radius 1 is 1.28 bits per heavy atom. The Labute approximate surface area is 148 Å². The molecule has 4 rings (SSSR count). The third kappa shape index (κ3) is 2.92. The molecule has 8 heteroatoms. The normalized spacial score (nSPS) is 22.4. The summed E-state index contributed by atoms with van der Waals surface area (Å²) in [4.78, 5) is 10.8. The summed E-state index contributed by atoms with van der Waals surface area (Å²) in [5.41, 5.74) is 1.31. The number of thiol groups is 1. The lowest BCUT2D eigenvalue weighted by Gasteiger charge is -2.46. The van der Waals surface area contributed by atoms with Crippen LogP contribution in [0.2, 0.25) is 0 Å². The Morgan fingerprint density at radius 2 is 2.08 bits per heavy atom. The Hall–Kier alpha value is -1.96. The molecule has 1 atom stereocenters. The van der Waals surface area contributed by atoms with Crippen molar-refractivity contribution in [2.24, 2.45) is 0 Å². The smallest absolute Gasteiger partial charge is 0.364 e. The van der Waals surface area contributed by atoms with E-state index < -0.39 is 11.7 Å². The number of anilines is 2. The highest BCUT2D eigenvalue weighted by Gasteiger charge is 2.39. The van der Waals surface area contributed by atoms with Crippen LogP contribution < -0.4 is 10.2 Å². The molecular weight excluding hydrogens is 349 g/mol. The molecule has 0 spiro atoms. The average Bonchev–Trinajstić information content (AvgIpc) is 2.52. The molecule has 2 aromatic rings. The molecule has 132 valence electrons. The fourth-order valence-corrected chi connectivity index (χ4v) is 3.98. The molecule has 0 radical (unpaired) electrons. The maximum absolute atomic E-state index is 13.0. The van der Waals surface area contributed by atoms with Crippen molar-refractivity contribution in [2.75, 3.05) is 23.3 Å². The molecule has 0 aliphatic carbocycles. The van der Waals surface area contributed by atoms with Gasteiger partial charge in [0.05, 0.1) is 22.7 Å². The molecule has 1 aromatic heterocycles. The van der Waals surface area contributed by atoms with Crippen LogP contribution in [0.15, 0.2) is 24.3 Å². The molecule has 1 N–H and O–H groups in total. The number of nitrogens with one attached hydrogen (secondary N) is 1. The van der Waals surface area contributed by atoms with Gasteiger partial charge in [-0.2, -0.15) is 13.2 Å². The van der Waals surface area contributed by atoms with Crippen molar-refractivity contribution < 1.29 is 13.2 Å². The van der Waals surface area contributed by atoms with E-state index in [1.165, 1.54) is 6.07 Å². The summed E-state index contributed by atoms with van der Waals surface area (Å²) in [7, 11) is 0. The van der Waals surface area contributed by atoms with Crippen molar-refractivity contribution in [3.05, 3.63) is 35.5 Å². The molecule has 0 saturated carbocycles. The summed E-state index contributed by atoms with van der Waals surface area (Å²) < 4.78 is 38.9. The predicted molar refractivity (Wildman–Crippen MR) is 94.0 cm³/mol. The van der Waals surface area contributed by atoms with Gasteiger partial charge in [0.2, 0.25) is 0 Å². The van der Waals surface area contributed by atoms with Crippen LogP contribution in [-0.2, 0) is 6.18 Å². The molecule has 1 saturated heterocycles. The van der Waals surface area contributed by atoms with Crippen molar-refractivity contribution in [3.8, 4) is 11.4 Å². The molecule has 2 bridgehead atoms. The van der Waals surface area contributed by atoms with Crippen molar-refractivity contribution >= 4 is 24.1 Å². The van der Waals surface area contributed by atoms with Crippen LogP contribution in [0.3, 0.4) is 0 Å². The van der Waals surface area contributed by atoms with E-state index in [1.54, 1.807) is 6.07 Å². The number of benzene rings is 1. The van der Waals surface area contributed by atoms with Crippen molar-refractivity contribution in [1.82, 2.24) is 9.97 Å². The molecule has 0 unspecified atom stereocenters. The lowest BCUT2D eigenvalue weighted by molar-refractivity contribution is -0.137. The molecule has 0 amide bonds. The molecule has 1 aromatic carbocycles. The monoisotopic (exact) mass is 366 g/mol. The molecule has 2 aliphatic heterocycles. The number of hydrogen-bond donors (Lipinski definition) is 2. The fraction of sp³-hybridized carbons (Fsp3) is 0.412. The minimum absolute atomic E-state index is 0.285. The van der Waals surface area contributed by atoms with Crippen LogP contribution in [0.1, 0.15) is 24.1 Å². The van der Waals surface area contributed by atoms with E-state index in [-0.39, 0.29) is 10.7 Å². The second-order valence-electron chi connectivity index (χ2n) is 6.59. The first kappa shape index (κ1) is 16.5. The summed E-state index contributed by atoms with van der Waals surface area (Å²) >= 11 is 4.73. The van der Waals surface area contributed by atoms with Gasteiger partial charge in [0.1, 0.15) is 5.69 Å². The zero-order valence-corrected chi connectivity index (χ0v) is 14.5. The van der Waals surface area contributed by atoms with Crippen LogP contribution in [0.5, 0.6) is 0 Å². The number of fused-ring (bicyclic) bond motifs is 4. The largest absolute Gasteiger partial charge is 0.416 e. The minimum atomic E-state index is -4.39. The summed E-state index contributed by atoms with van der Waals surface area (Å²) in [6.45, 7) is 3.53. The molecular formula is C17H17F3N4S. The van der Waals surface area contributed by atoms with Crippen LogP contribution in [0.4, 0.5) is 24.7 Å². The molecule has 2 aliphatic rings. The van der Waals surface area contributed by atoms with E-state index in [4.69, 9.17) is 12.6 Å². The number of halogens is 3. The average molecular weight is 366 g/mol. The van der Waals surface area contributed by atoms with E-state index in [1.807, 2.05) is 6.92 Å². The number of rotatable bonds is 1. The number of nitrogens with zero attached hydrogens (tertiary/aromatic N) is 3. The molecule has 4 nitrogen and oxygen atoms in total. The van der Waals surface area contributed by atoms with Gasteiger partial charge in [0, 0.05) is 12.1 Å². The van der Waals surface area contributed by atoms with Gasteiger partial charge in [0.25, 0.3) is 0 Å². The van der Waals surface area contributed by atoms with Crippen LogP contribution >= 0.6 is 12.6 Å². The van der Waals surface area contributed by atoms with Gasteiger partial charge < -0.3 is 10.2 Å². The standard InChI is InChI=1S/C17H17F3N4S/c1-10-13-15(23-16(25)6-3-7-24(13)9-16)22-14(21-10)11-4-2-5-12(8-11)17(18,19)20/h2,4-5,8,25H,3,6-7,9H2,1H3,(H,21,22,23)/t16-/m1/s1. The van der Waals surface area contributed by atoms with Gasteiger partial charge >= 0.3 is 6.18 Å². The zero-order valence-electron chi connectivity index (χ0n) is 13.6. The van der Waals surface area contributed by atoms with Gasteiger partial charge in [-0.15, -0.1) is 12.6 Å². The first-order valence-corrected chi connectivity index (χ1v) is 8.52. The van der Waals surface area contributed by atoms with Crippen molar-refractivity contribution in [3.63, 3.8) is 0 Å². The second-order valence-corrected chi connectivity index (χ2v) is 7.45. The van der Waals surface area contributed by atoms with Crippen molar-refractivity contribution in [1.29, 1.82) is 0 Å². The maximum atomic E-state index is 13.0. The number of alkyl halides is 3. The predicted octanol–water partition coefficient (Wildman–Crippen LogP) is 4.12. The summed E-state index contributed by atoms with van der Waals surface area (Å²) in [5.74, 6) is 0.925. The lowest BCUT2D eigenvalue weighted by Crippen LogP contribution is -2.53. The van der Waals surface area contributed by atoms with E-state index in [0.29, 0.717) is 11.4 Å². The number of piperidine rings is 1. The van der Waals surface area contributed by atoms with Gasteiger partial charge in [-0.05, 0) is 31.9 Å². The summed E-state index contributed by atoms with van der Waals surface area (Å²) in [6, 6.07) is 5.10. The van der Waals surface area contributed by atoms with Gasteiger partial charge in [-0.1, -0.05) is 12.1 Å². The van der Waals surface area contributed by atoms with Gasteiger partial charge in [0.15, 0.2) is 11.6 Å². The Morgan fingerprint density at radius 3 is 2.84 bits per heavy atom. The summed E-state index contributed by atoms with van der Waals surface area (Å²) in [5, 5.41) is 3.35. The highest BCUT2D eigenvalue weighted by atomic mass is 32.1.